The zero-order valence-electron chi connectivity index (χ0n) is 15.5. The van der Waals surface area contributed by atoms with E-state index in [1.807, 2.05) is 24.3 Å². The monoisotopic (exact) mass is 347 g/mol. The Balaban J connectivity index is 1.84. The van der Waals surface area contributed by atoms with E-state index in [1.54, 1.807) is 14.2 Å². The van der Waals surface area contributed by atoms with Crippen LogP contribution >= 0.6 is 0 Å². The second kappa shape index (κ2) is 8.43. The summed E-state index contributed by atoms with van der Waals surface area (Å²) in [6.45, 7) is 2.10. The van der Waals surface area contributed by atoms with Gasteiger partial charge in [-0.1, -0.05) is 42.0 Å². The first kappa shape index (κ1) is 17.9. The maximum Gasteiger partial charge on any atom is 0.118 e. The number of methoxy groups -OCH3 is 2. The van der Waals surface area contributed by atoms with E-state index in [2.05, 4.69) is 60.8 Å². The Kier molecular flexibility index (Phi) is 5.80. The van der Waals surface area contributed by atoms with Crippen molar-refractivity contribution in [3.05, 3.63) is 89.5 Å². The molecular formula is C23H25NO2. The Hall–Kier alpha value is -2.94. The van der Waals surface area contributed by atoms with Gasteiger partial charge >= 0.3 is 0 Å². The first-order chi connectivity index (χ1) is 12.7. The van der Waals surface area contributed by atoms with Gasteiger partial charge in [0.15, 0.2) is 0 Å². The Bertz CT molecular complexity index is 808. The van der Waals surface area contributed by atoms with Crippen LogP contribution in [0.1, 0.15) is 22.7 Å². The summed E-state index contributed by atoms with van der Waals surface area (Å²) in [5.41, 5.74) is 4.85. The maximum atomic E-state index is 5.29. The Morgan fingerprint density at radius 1 is 0.731 bits per heavy atom. The summed E-state index contributed by atoms with van der Waals surface area (Å²) in [6, 6.07) is 25.2. The highest BCUT2D eigenvalue weighted by Crippen LogP contribution is 2.26. The number of benzene rings is 3. The average molecular weight is 347 g/mol. The van der Waals surface area contributed by atoms with Gasteiger partial charge in [0.1, 0.15) is 11.5 Å². The van der Waals surface area contributed by atoms with E-state index in [0.29, 0.717) is 0 Å². The number of ether oxygens (including phenoxy) is 2. The number of hydrogen-bond acceptors (Lipinski definition) is 3. The third kappa shape index (κ3) is 4.57. The fourth-order valence-corrected chi connectivity index (χ4v) is 2.94. The first-order valence-corrected chi connectivity index (χ1v) is 8.78. The second-order valence-corrected chi connectivity index (χ2v) is 6.39. The van der Waals surface area contributed by atoms with Gasteiger partial charge in [0.05, 0.1) is 20.3 Å². The SMILES string of the molecule is COc1ccc(CC(Nc2ccc(C)cc2)c2ccc(OC)cc2)cc1. The molecule has 3 heteroatoms. The molecular weight excluding hydrogens is 322 g/mol. The van der Waals surface area contributed by atoms with Crippen molar-refractivity contribution in [2.24, 2.45) is 0 Å². The summed E-state index contributed by atoms with van der Waals surface area (Å²) in [5.74, 6) is 1.74. The molecule has 0 aliphatic heterocycles. The van der Waals surface area contributed by atoms with Crippen molar-refractivity contribution in [3.8, 4) is 11.5 Å². The van der Waals surface area contributed by atoms with Crippen molar-refractivity contribution in [1.29, 1.82) is 0 Å². The normalized spacial score (nSPS) is 11.7. The highest BCUT2D eigenvalue weighted by atomic mass is 16.5. The summed E-state index contributed by atoms with van der Waals surface area (Å²) >= 11 is 0. The molecule has 0 aliphatic rings. The molecule has 1 atom stereocenters. The molecule has 26 heavy (non-hydrogen) atoms. The number of hydrogen-bond donors (Lipinski definition) is 1. The molecule has 3 aromatic rings. The van der Waals surface area contributed by atoms with Crippen LogP contribution in [-0.4, -0.2) is 14.2 Å². The van der Waals surface area contributed by atoms with Gasteiger partial charge in [-0.2, -0.15) is 0 Å². The van der Waals surface area contributed by atoms with E-state index >= 15 is 0 Å². The van der Waals surface area contributed by atoms with Gasteiger partial charge in [-0.15, -0.1) is 0 Å². The highest BCUT2D eigenvalue weighted by molar-refractivity contribution is 5.47. The third-order valence-corrected chi connectivity index (χ3v) is 4.51. The van der Waals surface area contributed by atoms with Crippen molar-refractivity contribution in [2.45, 2.75) is 19.4 Å². The molecule has 0 aliphatic carbocycles. The van der Waals surface area contributed by atoms with Crippen LogP contribution in [0, 0.1) is 6.92 Å². The van der Waals surface area contributed by atoms with Gasteiger partial charge in [0.25, 0.3) is 0 Å². The summed E-state index contributed by atoms with van der Waals surface area (Å²) in [7, 11) is 3.38. The molecule has 0 saturated carbocycles. The summed E-state index contributed by atoms with van der Waals surface area (Å²) in [5, 5.41) is 3.67. The number of nitrogens with one attached hydrogen (secondary N) is 1. The molecule has 0 radical (unpaired) electrons. The predicted molar refractivity (Wildman–Crippen MR) is 107 cm³/mol. The molecule has 3 rings (SSSR count). The zero-order valence-corrected chi connectivity index (χ0v) is 15.5. The highest BCUT2D eigenvalue weighted by Gasteiger charge is 2.13. The van der Waals surface area contributed by atoms with Crippen molar-refractivity contribution in [3.63, 3.8) is 0 Å². The van der Waals surface area contributed by atoms with Crippen LogP contribution in [0.15, 0.2) is 72.8 Å². The first-order valence-electron chi connectivity index (χ1n) is 8.78. The third-order valence-electron chi connectivity index (χ3n) is 4.51. The summed E-state index contributed by atoms with van der Waals surface area (Å²) < 4.78 is 10.6. The molecule has 1 unspecified atom stereocenters. The molecule has 0 spiro atoms. The van der Waals surface area contributed by atoms with Gasteiger partial charge < -0.3 is 14.8 Å². The lowest BCUT2D eigenvalue weighted by molar-refractivity contribution is 0.414. The molecule has 0 saturated heterocycles. The van der Waals surface area contributed by atoms with Crippen LogP contribution in [0.3, 0.4) is 0 Å². The van der Waals surface area contributed by atoms with E-state index in [4.69, 9.17) is 9.47 Å². The number of rotatable bonds is 7. The van der Waals surface area contributed by atoms with Gasteiger partial charge in [-0.05, 0) is 60.9 Å². The average Bonchev–Trinajstić information content (AvgIpc) is 2.70. The van der Waals surface area contributed by atoms with Gasteiger partial charge in [-0.25, -0.2) is 0 Å². The molecule has 0 bridgehead atoms. The fraction of sp³-hybridized carbons (Fsp3) is 0.217. The Morgan fingerprint density at radius 3 is 1.81 bits per heavy atom. The molecule has 0 aromatic heterocycles. The predicted octanol–water partition coefficient (Wildman–Crippen LogP) is 5.41. The van der Waals surface area contributed by atoms with E-state index in [0.717, 1.165) is 23.6 Å². The van der Waals surface area contributed by atoms with E-state index in [1.165, 1.54) is 16.7 Å². The van der Waals surface area contributed by atoms with Crippen molar-refractivity contribution in [2.75, 3.05) is 19.5 Å². The van der Waals surface area contributed by atoms with Crippen LogP contribution in [0.4, 0.5) is 5.69 Å². The standard InChI is InChI=1S/C23H25NO2/c1-17-4-10-20(11-5-17)24-23(19-8-14-22(26-3)15-9-19)16-18-6-12-21(25-2)13-7-18/h4-15,23-24H,16H2,1-3H3. The van der Waals surface area contributed by atoms with Crippen LogP contribution in [0.25, 0.3) is 0 Å². The molecule has 134 valence electrons. The Morgan fingerprint density at radius 2 is 1.27 bits per heavy atom. The van der Waals surface area contributed by atoms with Crippen LogP contribution in [0.2, 0.25) is 0 Å². The van der Waals surface area contributed by atoms with Crippen molar-refractivity contribution in [1.82, 2.24) is 0 Å². The lowest BCUT2D eigenvalue weighted by Gasteiger charge is -2.21. The largest absolute Gasteiger partial charge is 0.497 e. The van der Waals surface area contributed by atoms with Crippen molar-refractivity contribution >= 4 is 5.69 Å². The zero-order chi connectivity index (χ0) is 18.4. The van der Waals surface area contributed by atoms with E-state index < -0.39 is 0 Å². The minimum atomic E-state index is 0.164. The van der Waals surface area contributed by atoms with E-state index in [9.17, 15) is 0 Å². The molecule has 3 nitrogen and oxygen atoms in total. The molecule has 0 fully saturated rings. The quantitative estimate of drug-likeness (QED) is 0.620. The van der Waals surface area contributed by atoms with Crippen LogP contribution in [0.5, 0.6) is 11.5 Å². The van der Waals surface area contributed by atoms with Gasteiger partial charge in [0.2, 0.25) is 0 Å². The van der Waals surface area contributed by atoms with Crippen molar-refractivity contribution < 1.29 is 9.47 Å². The minimum absolute atomic E-state index is 0.164. The number of anilines is 1. The number of aryl methyl sites for hydroxylation is 1. The summed E-state index contributed by atoms with van der Waals surface area (Å²) in [6.07, 6.45) is 0.879. The smallest absolute Gasteiger partial charge is 0.118 e. The molecule has 3 aromatic carbocycles. The van der Waals surface area contributed by atoms with Gasteiger partial charge in [-0.3, -0.25) is 0 Å². The molecule has 0 heterocycles. The topological polar surface area (TPSA) is 30.5 Å². The van der Waals surface area contributed by atoms with Crippen LogP contribution in [-0.2, 0) is 6.42 Å². The minimum Gasteiger partial charge on any atom is -0.497 e. The molecule has 1 N–H and O–H groups in total. The Labute approximate surface area is 155 Å². The lowest BCUT2D eigenvalue weighted by atomic mass is 9.98. The van der Waals surface area contributed by atoms with E-state index in [-0.39, 0.29) is 6.04 Å². The second-order valence-electron chi connectivity index (χ2n) is 6.39. The lowest BCUT2D eigenvalue weighted by Crippen LogP contribution is -2.13. The fourth-order valence-electron chi connectivity index (χ4n) is 2.94. The maximum absolute atomic E-state index is 5.29. The van der Waals surface area contributed by atoms with Crippen LogP contribution < -0.4 is 14.8 Å². The van der Waals surface area contributed by atoms with Gasteiger partial charge in [0, 0.05) is 5.69 Å². The summed E-state index contributed by atoms with van der Waals surface area (Å²) in [4.78, 5) is 0. The molecule has 0 amide bonds.